The van der Waals surface area contributed by atoms with Crippen LogP contribution in [-0.2, 0) is 0 Å². The second-order valence-corrected chi connectivity index (χ2v) is 4.89. The molecular formula is C12H12ClNO2S. The Balaban J connectivity index is 2.38. The van der Waals surface area contributed by atoms with Crippen molar-refractivity contribution in [3.63, 3.8) is 0 Å². The molecule has 1 heterocycles. The van der Waals surface area contributed by atoms with E-state index in [-0.39, 0.29) is 0 Å². The van der Waals surface area contributed by atoms with Gasteiger partial charge in [0.25, 0.3) is 0 Å². The van der Waals surface area contributed by atoms with Crippen LogP contribution in [0, 0.1) is 0 Å². The number of aliphatic hydroxyl groups excluding tert-OH is 1. The fourth-order valence-corrected chi connectivity index (χ4v) is 2.46. The molecule has 0 amide bonds. The van der Waals surface area contributed by atoms with Gasteiger partial charge in [0.2, 0.25) is 0 Å². The molecule has 5 heteroatoms. The molecule has 0 aliphatic rings. The number of halogens is 1. The number of aromatic nitrogens is 1. The maximum atomic E-state index is 9.43. The van der Waals surface area contributed by atoms with Gasteiger partial charge < -0.3 is 9.84 Å². The lowest BCUT2D eigenvalue weighted by atomic mass is 10.1. The second kappa shape index (κ2) is 5.04. The fourth-order valence-electron chi connectivity index (χ4n) is 1.43. The molecule has 0 saturated heterocycles. The molecular weight excluding hydrogens is 258 g/mol. The Morgan fingerprint density at radius 1 is 1.47 bits per heavy atom. The molecule has 1 atom stereocenters. The first-order valence-corrected chi connectivity index (χ1v) is 6.35. The quantitative estimate of drug-likeness (QED) is 0.927. The van der Waals surface area contributed by atoms with E-state index in [1.807, 2.05) is 17.5 Å². The van der Waals surface area contributed by atoms with Crippen LogP contribution >= 0.6 is 22.9 Å². The summed E-state index contributed by atoms with van der Waals surface area (Å²) in [5.41, 5.74) is 1.62. The summed E-state index contributed by atoms with van der Waals surface area (Å²) in [6, 6.07) is 5.45. The molecule has 90 valence electrons. The normalized spacial score (nSPS) is 12.5. The molecule has 2 rings (SSSR count). The monoisotopic (exact) mass is 269 g/mol. The van der Waals surface area contributed by atoms with Crippen LogP contribution < -0.4 is 4.74 Å². The van der Waals surface area contributed by atoms with E-state index in [9.17, 15) is 5.11 Å². The number of rotatable bonds is 3. The van der Waals surface area contributed by atoms with Crippen molar-refractivity contribution in [3.05, 3.63) is 33.6 Å². The minimum atomic E-state index is -0.550. The van der Waals surface area contributed by atoms with Gasteiger partial charge >= 0.3 is 0 Å². The Bertz CT molecular complexity index is 525. The number of aliphatic hydroxyl groups is 1. The Labute approximate surface area is 109 Å². The predicted molar refractivity (Wildman–Crippen MR) is 69.7 cm³/mol. The summed E-state index contributed by atoms with van der Waals surface area (Å²) in [5.74, 6) is 0.713. The number of hydrogen-bond acceptors (Lipinski definition) is 4. The Morgan fingerprint density at radius 2 is 2.24 bits per heavy atom. The molecule has 1 aromatic carbocycles. The molecule has 1 unspecified atom stereocenters. The molecule has 0 fully saturated rings. The van der Waals surface area contributed by atoms with Gasteiger partial charge in [-0.25, -0.2) is 4.98 Å². The third-order valence-corrected chi connectivity index (χ3v) is 3.66. The van der Waals surface area contributed by atoms with Gasteiger partial charge in [0.1, 0.15) is 16.9 Å². The number of thiazole rings is 1. The van der Waals surface area contributed by atoms with Gasteiger partial charge in [0.15, 0.2) is 0 Å². The third kappa shape index (κ3) is 2.60. The van der Waals surface area contributed by atoms with E-state index in [4.69, 9.17) is 16.3 Å². The number of ether oxygens (including phenoxy) is 1. The van der Waals surface area contributed by atoms with Gasteiger partial charge in [-0.3, -0.25) is 0 Å². The number of methoxy groups -OCH3 is 1. The van der Waals surface area contributed by atoms with Gasteiger partial charge in [-0.2, -0.15) is 0 Å². The van der Waals surface area contributed by atoms with E-state index in [0.29, 0.717) is 15.8 Å². The molecule has 0 aliphatic heterocycles. The lowest BCUT2D eigenvalue weighted by molar-refractivity contribution is 0.199. The average Bonchev–Trinajstić information content (AvgIpc) is 2.78. The molecule has 0 saturated carbocycles. The van der Waals surface area contributed by atoms with Crippen LogP contribution in [-0.4, -0.2) is 17.2 Å². The molecule has 17 heavy (non-hydrogen) atoms. The zero-order valence-corrected chi connectivity index (χ0v) is 11.0. The molecule has 2 aromatic rings. The minimum Gasteiger partial charge on any atom is -0.497 e. The van der Waals surface area contributed by atoms with Crippen molar-refractivity contribution >= 4 is 22.9 Å². The predicted octanol–water partition coefficient (Wildman–Crippen LogP) is 3.53. The van der Waals surface area contributed by atoms with Gasteiger partial charge in [0, 0.05) is 10.9 Å². The summed E-state index contributed by atoms with van der Waals surface area (Å²) in [7, 11) is 1.60. The first kappa shape index (κ1) is 12.4. The highest BCUT2D eigenvalue weighted by atomic mass is 35.5. The van der Waals surface area contributed by atoms with E-state index < -0.39 is 6.10 Å². The molecule has 0 spiro atoms. The average molecular weight is 270 g/mol. The summed E-state index contributed by atoms with van der Waals surface area (Å²) in [6.07, 6.45) is -0.550. The Kier molecular flexibility index (Phi) is 3.66. The fraction of sp³-hybridized carbons (Fsp3) is 0.250. The van der Waals surface area contributed by atoms with Crippen LogP contribution in [0.4, 0.5) is 0 Å². The summed E-state index contributed by atoms with van der Waals surface area (Å²) < 4.78 is 5.09. The first-order chi connectivity index (χ1) is 8.11. The van der Waals surface area contributed by atoms with Crippen molar-refractivity contribution in [1.82, 2.24) is 4.98 Å². The Morgan fingerprint density at radius 3 is 2.76 bits per heavy atom. The van der Waals surface area contributed by atoms with Gasteiger partial charge in [-0.05, 0) is 25.1 Å². The molecule has 0 aliphatic carbocycles. The summed E-state index contributed by atoms with van der Waals surface area (Å²) >= 11 is 7.57. The smallest absolute Gasteiger partial charge is 0.122 e. The molecule has 0 radical (unpaired) electrons. The SMILES string of the molecule is COc1ccc(-c2csc(C(C)O)n2)c(Cl)c1. The van der Waals surface area contributed by atoms with Gasteiger partial charge in [-0.1, -0.05) is 11.6 Å². The van der Waals surface area contributed by atoms with Crippen LogP contribution in [0.2, 0.25) is 5.02 Å². The maximum Gasteiger partial charge on any atom is 0.122 e. The lowest BCUT2D eigenvalue weighted by Crippen LogP contribution is -1.90. The minimum absolute atomic E-state index is 0.550. The maximum absolute atomic E-state index is 9.43. The van der Waals surface area contributed by atoms with E-state index in [1.165, 1.54) is 11.3 Å². The topological polar surface area (TPSA) is 42.4 Å². The van der Waals surface area contributed by atoms with E-state index in [0.717, 1.165) is 11.3 Å². The van der Waals surface area contributed by atoms with E-state index >= 15 is 0 Å². The van der Waals surface area contributed by atoms with Crippen molar-refractivity contribution in [2.24, 2.45) is 0 Å². The summed E-state index contributed by atoms with van der Waals surface area (Å²) in [6.45, 7) is 1.69. The van der Waals surface area contributed by atoms with Crippen LogP contribution in [0.5, 0.6) is 5.75 Å². The molecule has 1 aromatic heterocycles. The Hall–Kier alpha value is -1.10. The van der Waals surface area contributed by atoms with Crippen molar-refractivity contribution in [2.45, 2.75) is 13.0 Å². The van der Waals surface area contributed by atoms with Gasteiger partial charge in [0.05, 0.1) is 17.8 Å². The molecule has 1 N–H and O–H groups in total. The highest BCUT2D eigenvalue weighted by Gasteiger charge is 2.11. The highest BCUT2D eigenvalue weighted by Crippen LogP contribution is 2.32. The summed E-state index contributed by atoms with van der Waals surface area (Å²) in [5, 5.41) is 12.6. The van der Waals surface area contributed by atoms with Crippen molar-refractivity contribution < 1.29 is 9.84 Å². The number of hydrogen-bond donors (Lipinski definition) is 1. The van der Waals surface area contributed by atoms with Crippen molar-refractivity contribution in [1.29, 1.82) is 0 Å². The lowest BCUT2D eigenvalue weighted by Gasteiger charge is -2.04. The van der Waals surface area contributed by atoms with Crippen molar-refractivity contribution in [3.8, 4) is 17.0 Å². The zero-order valence-electron chi connectivity index (χ0n) is 9.48. The summed E-state index contributed by atoms with van der Waals surface area (Å²) in [4.78, 5) is 4.34. The number of benzene rings is 1. The van der Waals surface area contributed by atoms with E-state index in [2.05, 4.69) is 4.98 Å². The molecule has 0 bridgehead atoms. The van der Waals surface area contributed by atoms with Crippen molar-refractivity contribution in [2.75, 3.05) is 7.11 Å². The standard InChI is InChI=1S/C12H12ClNO2S/c1-7(15)12-14-11(6-17-12)9-4-3-8(16-2)5-10(9)13/h3-7,15H,1-2H3. The molecule has 3 nitrogen and oxygen atoms in total. The number of nitrogens with zero attached hydrogens (tertiary/aromatic N) is 1. The van der Waals surface area contributed by atoms with Crippen LogP contribution in [0.25, 0.3) is 11.3 Å². The van der Waals surface area contributed by atoms with Crippen LogP contribution in [0.1, 0.15) is 18.0 Å². The zero-order chi connectivity index (χ0) is 12.4. The van der Waals surface area contributed by atoms with Gasteiger partial charge in [-0.15, -0.1) is 11.3 Å². The first-order valence-electron chi connectivity index (χ1n) is 5.09. The van der Waals surface area contributed by atoms with Crippen LogP contribution in [0.15, 0.2) is 23.6 Å². The second-order valence-electron chi connectivity index (χ2n) is 3.59. The van der Waals surface area contributed by atoms with E-state index in [1.54, 1.807) is 20.1 Å². The highest BCUT2D eigenvalue weighted by molar-refractivity contribution is 7.10. The third-order valence-electron chi connectivity index (χ3n) is 2.33. The largest absolute Gasteiger partial charge is 0.497 e. The van der Waals surface area contributed by atoms with Crippen LogP contribution in [0.3, 0.4) is 0 Å².